The van der Waals surface area contributed by atoms with Crippen LogP contribution >= 0.6 is 0 Å². The molecule has 0 fully saturated rings. The van der Waals surface area contributed by atoms with Crippen LogP contribution in [0.5, 0.6) is 0 Å². The van der Waals surface area contributed by atoms with E-state index in [-0.39, 0.29) is 0 Å². The van der Waals surface area contributed by atoms with Crippen molar-refractivity contribution in [2.24, 2.45) is 0 Å². The van der Waals surface area contributed by atoms with Crippen molar-refractivity contribution < 1.29 is 24.5 Å². The van der Waals surface area contributed by atoms with Gasteiger partial charge in [0.25, 0.3) is 0 Å². The molecule has 1 aromatic heterocycles. The fraction of sp³-hybridized carbons (Fsp3) is 0.417. The van der Waals surface area contributed by atoms with E-state index in [2.05, 4.69) is 5.32 Å². The fourth-order valence-electron chi connectivity index (χ4n) is 1.27. The predicted molar refractivity (Wildman–Crippen MR) is 64.6 cm³/mol. The van der Waals surface area contributed by atoms with E-state index in [0.717, 1.165) is 5.76 Å². The molecule has 6 nitrogen and oxygen atoms in total. The van der Waals surface area contributed by atoms with Crippen LogP contribution in [0, 0.1) is 6.92 Å². The van der Waals surface area contributed by atoms with Crippen molar-refractivity contribution in [2.45, 2.75) is 12.5 Å². The van der Waals surface area contributed by atoms with E-state index in [0.29, 0.717) is 5.76 Å². The molecular weight excluding hydrogens is 238 g/mol. The van der Waals surface area contributed by atoms with E-state index in [4.69, 9.17) is 19.7 Å². The summed E-state index contributed by atoms with van der Waals surface area (Å²) in [5, 5.41) is 29.4. The first-order valence-corrected chi connectivity index (χ1v) is 5.44. The number of aryl methyl sites for hydroxylation is 1. The summed E-state index contributed by atoms with van der Waals surface area (Å²) in [4.78, 5) is 11.5. The summed E-state index contributed by atoms with van der Waals surface area (Å²) in [6.07, 6.45) is 2.66. The second-order valence-electron chi connectivity index (χ2n) is 4.03. The molecule has 0 unspecified atom stereocenters. The summed E-state index contributed by atoms with van der Waals surface area (Å²) in [6, 6.07) is 3.47. The van der Waals surface area contributed by atoms with Crippen LogP contribution in [0.3, 0.4) is 0 Å². The zero-order valence-corrected chi connectivity index (χ0v) is 10.1. The lowest BCUT2D eigenvalue weighted by Gasteiger charge is -2.27. The van der Waals surface area contributed by atoms with Crippen LogP contribution in [0.15, 0.2) is 22.6 Å². The van der Waals surface area contributed by atoms with Crippen LogP contribution in [-0.2, 0) is 4.79 Å². The number of carbonyl (C=O) groups is 1. The molecule has 0 aliphatic carbocycles. The van der Waals surface area contributed by atoms with Gasteiger partial charge in [0, 0.05) is 6.08 Å². The van der Waals surface area contributed by atoms with Gasteiger partial charge in [0.15, 0.2) is 0 Å². The molecule has 0 aliphatic heterocycles. The molecular formula is C12H17NO5. The Hall–Kier alpha value is -1.63. The van der Waals surface area contributed by atoms with Crippen LogP contribution in [0.25, 0.3) is 6.08 Å². The lowest BCUT2D eigenvalue weighted by molar-refractivity contribution is -0.120. The van der Waals surface area contributed by atoms with E-state index in [1.165, 1.54) is 12.2 Å². The van der Waals surface area contributed by atoms with E-state index in [9.17, 15) is 4.79 Å². The van der Waals surface area contributed by atoms with Gasteiger partial charge in [-0.25, -0.2) is 0 Å². The highest BCUT2D eigenvalue weighted by Gasteiger charge is 2.29. The SMILES string of the molecule is Cc1ccc(/C=C/C(=O)NC(CO)(CO)CO)o1. The number of nitrogens with one attached hydrogen (secondary N) is 1. The maximum atomic E-state index is 11.5. The lowest BCUT2D eigenvalue weighted by Crippen LogP contribution is -2.56. The van der Waals surface area contributed by atoms with Crippen molar-refractivity contribution in [3.05, 3.63) is 29.7 Å². The third-order valence-electron chi connectivity index (χ3n) is 2.46. The Kier molecular flexibility index (Phi) is 5.08. The number of aliphatic hydroxyl groups excluding tert-OH is 3. The van der Waals surface area contributed by atoms with Crippen LogP contribution in [0.4, 0.5) is 0 Å². The first-order chi connectivity index (χ1) is 8.55. The Balaban J connectivity index is 2.63. The lowest BCUT2D eigenvalue weighted by atomic mass is 10.0. The number of furan rings is 1. The van der Waals surface area contributed by atoms with Gasteiger partial charge < -0.3 is 25.1 Å². The molecule has 0 saturated heterocycles. The molecule has 0 bridgehead atoms. The van der Waals surface area contributed by atoms with E-state index in [1.54, 1.807) is 19.1 Å². The number of hydrogen-bond acceptors (Lipinski definition) is 5. The van der Waals surface area contributed by atoms with Gasteiger partial charge >= 0.3 is 0 Å². The number of carbonyl (C=O) groups excluding carboxylic acids is 1. The summed E-state index contributed by atoms with van der Waals surface area (Å²) in [5.74, 6) is 0.705. The van der Waals surface area contributed by atoms with Gasteiger partial charge in [-0.1, -0.05) is 0 Å². The van der Waals surface area contributed by atoms with Gasteiger partial charge in [-0.05, 0) is 25.1 Å². The Morgan fingerprint density at radius 1 is 1.33 bits per heavy atom. The summed E-state index contributed by atoms with van der Waals surface area (Å²) in [7, 11) is 0. The first-order valence-electron chi connectivity index (χ1n) is 5.44. The number of aliphatic hydroxyl groups is 3. The Morgan fingerprint density at radius 2 is 1.94 bits per heavy atom. The normalized spacial score (nSPS) is 12.0. The summed E-state index contributed by atoms with van der Waals surface area (Å²) < 4.78 is 5.23. The smallest absolute Gasteiger partial charge is 0.244 e. The Bertz CT molecular complexity index is 412. The molecule has 18 heavy (non-hydrogen) atoms. The van der Waals surface area contributed by atoms with E-state index in [1.807, 2.05) is 0 Å². The number of rotatable bonds is 6. The first kappa shape index (κ1) is 14.4. The Labute approximate surface area is 105 Å². The van der Waals surface area contributed by atoms with Crippen LogP contribution in [-0.4, -0.2) is 46.6 Å². The van der Waals surface area contributed by atoms with Crippen LogP contribution < -0.4 is 5.32 Å². The molecule has 0 spiro atoms. The van der Waals surface area contributed by atoms with Gasteiger partial charge in [0.1, 0.15) is 17.1 Å². The van der Waals surface area contributed by atoms with E-state index < -0.39 is 31.3 Å². The minimum atomic E-state index is -1.42. The molecule has 1 aromatic rings. The molecule has 0 radical (unpaired) electrons. The quantitative estimate of drug-likeness (QED) is 0.510. The molecule has 6 heteroatoms. The van der Waals surface area contributed by atoms with Gasteiger partial charge in [-0.3, -0.25) is 4.79 Å². The highest BCUT2D eigenvalue weighted by Crippen LogP contribution is 2.08. The molecule has 1 rings (SSSR count). The molecule has 0 saturated carbocycles. The van der Waals surface area contributed by atoms with Crippen molar-refractivity contribution in [1.82, 2.24) is 5.32 Å². The maximum Gasteiger partial charge on any atom is 0.244 e. The van der Waals surface area contributed by atoms with E-state index >= 15 is 0 Å². The monoisotopic (exact) mass is 255 g/mol. The zero-order valence-electron chi connectivity index (χ0n) is 10.1. The molecule has 1 heterocycles. The summed E-state index contributed by atoms with van der Waals surface area (Å²) in [5.41, 5.74) is -1.42. The molecule has 4 N–H and O–H groups in total. The van der Waals surface area contributed by atoms with Crippen molar-refractivity contribution in [3.63, 3.8) is 0 Å². The molecule has 0 aromatic carbocycles. The van der Waals surface area contributed by atoms with Crippen molar-refractivity contribution >= 4 is 12.0 Å². The second kappa shape index (κ2) is 6.34. The highest BCUT2D eigenvalue weighted by atomic mass is 16.3. The largest absolute Gasteiger partial charge is 0.462 e. The van der Waals surface area contributed by atoms with Gasteiger partial charge in [0.05, 0.1) is 19.8 Å². The Morgan fingerprint density at radius 3 is 2.39 bits per heavy atom. The standard InChI is InChI=1S/C12H17NO5/c1-9-2-3-10(18-9)4-5-11(17)13-12(6-14,7-15)8-16/h2-5,14-16H,6-8H2,1H3,(H,13,17)/b5-4+. The van der Waals surface area contributed by atoms with Crippen LogP contribution in [0.2, 0.25) is 0 Å². The third-order valence-corrected chi connectivity index (χ3v) is 2.46. The minimum absolute atomic E-state index is 0.519. The fourth-order valence-corrected chi connectivity index (χ4v) is 1.27. The summed E-state index contributed by atoms with van der Waals surface area (Å²) in [6.45, 7) is 0.115. The predicted octanol–water partition coefficient (Wildman–Crippen LogP) is -0.567. The highest BCUT2D eigenvalue weighted by molar-refractivity contribution is 5.91. The average molecular weight is 255 g/mol. The minimum Gasteiger partial charge on any atom is -0.462 e. The molecule has 0 atom stereocenters. The molecule has 1 amide bonds. The van der Waals surface area contributed by atoms with Crippen molar-refractivity contribution in [2.75, 3.05) is 19.8 Å². The van der Waals surface area contributed by atoms with Crippen molar-refractivity contribution in [3.8, 4) is 0 Å². The topological polar surface area (TPSA) is 103 Å². The average Bonchev–Trinajstić information content (AvgIpc) is 2.80. The number of hydrogen-bond donors (Lipinski definition) is 4. The molecule has 100 valence electrons. The third kappa shape index (κ3) is 3.69. The number of amides is 1. The van der Waals surface area contributed by atoms with Crippen LogP contribution in [0.1, 0.15) is 11.5 Å². The molecule has 0 aliphatic rings. The zero-order chi connectivity index (χ0) is 13.6. The van der Waals surface area contributed by atoms with Gasteiger partial charge in [0.2, 0.25) is 5.91 Å². The second-order valence-corrected chi connectivity index (χ2v) is 4.03. The van der Waals surface area contributed by atoms with Gasteiger partial charge in [-0.15, -0.1) is 0 Å². The van der Waals surface area contributed by atoms with Gasteiger partial charge in [-0.2, -0.15) is 0 Å². The maximum absolute atomic E-state index is 11.5. The van der Waals surface area contributed by atoms with Crippen molar-refractivity contribution in [1.29, 1.82) is 0 Å². The summed E-state index contributed by atoms with van der Waals surface area (Å²) >= 11 is 0.